The summed E-state index contributed by atoms with van der Waals surface area (Å²) in [6, 6.07) is 8.94. The molecule has 100 valence electrons. The van der Waals surface area contributed by atoms with E-state index in [9.17, 15) is 4.79 Å². The number of hydrogen-bond acceptors (Lipinski definition) is 3. The number of rotatable bonds is 4. The lowest BCUT2D eigenvalue weighted by Crippen LogP contribution is -2.30. The summed E-state index contributed by atoms with van der Waals surface area (Å²) in [5, 5.41) is 0. The van der Waals surface area contributed by atoms with E-state index in [4.69, 9.17) is 10.2 Å². The van der Waals surface area contributed by atoms with Crippen LogP contribution in [0.3, 0.4) is 0 Å². The van der Waals surface area contributed by atoms with Crippen LogP contribution in [0.4, 0.5) is 5.69 Å². The lowest BCUT2D eigenvalue weighted by atomic mass is 10.1. The third kappa shape index (κ3) is 2.98. The van der Waals surface area contributed by atoms with Crippen LogP contribution in [0.15, 0.2) is 45.5 Å². The molecule has 4 nitrogen and oxygen atoms in total. The van der Waals surface area contributed by atoms with Crippen molar-refractivity contribution in [3.63, 3.8) is 0 Å². The van der Waals surface area contributed by atoms with Crippen LogP contribution in [0.25, 0.3) is 0 Å². The van der Waals surface area contributed by atoms with Gasteiger partial charge in [0.2, 0.25) is 0 Å². The van der Waals surface area contributed by atoms with Crippen molar-refractivity contribution in [2.24, 2.45) is 0 Å². The number of nitrogens with two attached hydrogens (primary N) is 1. The van der Waals surface area contributed by atoms with E-state index in [1.165, 1.54) is 0 Å². The Bertz CT molecular complexity index is 567. The second kappa shape index (κ2) is 5.93. The molecule has 0 aliphatic heterocycles. The van der Waals surface area contributed by atoms with Gasteiger partial charge < -0.3 is 15.1 Å². The fraction of sp³-hybridized carbons (Fsp3) is 0.214. The Kier molecular flexibility index (Phi) is 4.27. The molecule has 0 radical (unpaired) electrons. The molecule has 2 rings (SSSR count). The lowest BCUT2D eigenvalue weighted by molar-refractivity contribution is 0.0740. The fourth-order valence-corrected chi connectivity index (χ4v) is 2.24. The molecule has 0 aliphatic carbocycles. The van der Waals surface area contributed by atoms with Crippen molar-refractivity contribution in [3.8, 4) is 0 Å². The number of nitrogens with zero attached hydrogens (tertiary/aromatic N) is 1. The number of hydrogen-bond donors (Lipinski definition) is 1. The number of nitrogen functional groups attached to an aromatic ring is 1. The first kappa shape index (κ1) is 13.7. The number of anilines is 1. The molecule has 2 aromatic rings. The summed E-state index contributed by atoms with van der Waals surface area (Å²) in [6.45, 7) is 2.98. The zero-order valence-corrected chi connectivity index (χ0v) is 12.2. The van der Waals surface area contributed by atoms with Crippen LogP contribution in [0.5, 0.6) is 0 Å². The Morgan fingerprint density at radius 2 is 2.16 bits per heavy atom. The Balaban J connectivity index is 2.23. The number of benzene rings is 1. The molecule has 0 spiro atoms. The summed E-state index contributed by atoms with van der Waals surface area (Å²) in [5.41, 5.74) is 6.92. The van der Waals surface area contributed by atoms with Crippen molar-refractivity contribution in [2.75, 3.05) is 12.3 Å². The molecule has 0 aliphatic rings. The van der Waals surface area contributed by atoms with Gasteiger partial charge in [0.1, 0.15) is 5.76 Å². The van der Waals surface area contributed by atoms with Gasteiger partial charge in [-0.25, -0.2) is 0 Å². The molecule has 1 aromatic carbocycles. The third-order valence-electron chi connectivity index (χ3n) is 2.85. The average Bonchev–Trinajstić information content (AvgIpc) is 2.91. The molecule has 19 heavy (non-hydrogen) atoms. The monoisotopic (exact) mass is 322 g/mol. The standard InChI is InChI=1S/C14H15BrN2O2/c1-2-17(9-10-5-4-8-19-10)14(18)11-6-3-7-12(16)13(11)15/h3-8H,2,9,16H2,1H3. The number of carbonyl (C=O) groups excluding carboxylic acids is 1. The van der Waals surface area contributed by atoms with Gasteiger partial charge in [-0.2, -0.15) is 0 Å². The van der Waals surface area contributed by atoms with Crippen LogP contribution in [-0.4, -0.2) is 17.4 Å². The summed E-state index contributed by atoms with van der Waals surface area (Å²) in [4.78, 5) is 14.2. The molecular weight excluding hydrogens is 308 g/mol. The highest BCUT2D eigenvalue weighted by atomic mass is 79.9. The number of amides is 1. The minimum absolute atomic E-state index is 0.0712. The minimum Gasteiger partial charge on any atom is -0.467 e. The molecular formula is C14H15BrN2O2. The van der Waals surface area contributed by atoms with Gasteiger partial charge >= 0.3 is 0 Å². The van der Waals surface area contributed by atoms with Crippen LogP contribution in [0, 0.1) is 0 Å². The summed E-state index contributed by atoms with van der Waals surface area (Å²) in [7, 11) is 0. The molecule has 0 fully saturated rings. The largest absolute Gasteiger partial charge is 0.467 e. The second-order valence-corrected chi connectivity index (χ2v) is 4.90. The quantitative estimate of drug-likeness (QED) is 0.879. The van der Waals surface area contributed by atoms with Crippen LogP contribution in [-0.2, 0) is 6.54 Å². The molecule has 0 atom stereocenters. The highest BCUT2D eigenvalue weighted by molar-refractivity contribution is 9.10. The molecule has 1 heterocycles. The van der Waals surface area contributed by atoms with Gasteiger partial charge in [0, 0.05) is 12.2 Å². The molecule has 0 saturated heterocycles. The highest BCUT2D eigenvalue weighted by Gasteiger charge is 2.18. The van der Waals surface area contributed by atoms with Crippen LogP contribution in [0.1, 0.15) is 23.0 Å². The average molecular weight is 323 g/mol. The fourth-order valence-electron chi connectivity index (χ4n) is 1.80. The van der Waals surface area contributed by atoms with Crippen molar-refractivity contribution < 1.29 is 9.21 Å². The second-order valence-electron chi connectivity index (χ2n) is 4.11. The first-order valence-corrected chi connectivity index (χ1v) is 6.78. The third-order valence-corrected chi connectivity index (χ3v) is 3.74. The normalized spacial score (nSPS) is 10.4. The van der Waals surface area contributed by atoms with Crippen molar-refractivity contribution >= 4 is 27.5 Å². The molecule has 0 unspecified atom stereocenters. The van der Waals surface area contributed by atoms with Gasteiger partial charge in [0.05, 0.1) is 22.8 Å². The Morgan fingerprint density at radius 3 is 2.79 bits per heavy atom. The van der Waals surface area contributed by atoms with E-state index in [-0.39, 0.29) is 5.91 Å². The maximum absolute atomic E-state index is 12.5. The summed E-state index contributed by atoms with van der Waals surface area (Å²) in [6.07, 6.45) is 1.60. The molecule has 1 aromatic heterocycles. The van der Waals surface area contributed by atoms with E-state index < -0.39 is 0 Å². The van der Waals surface area contributed by atoms with Gasteiger partial charge in [-0.05, 0) is 47.1 Å². The molecule has 0 saturated carbocycles. The van der Waals surface area contributed by atoms with Crippen molar-refractivity contribution in [2.45, 2.75) is 13.5 Å². The molecule has 1 amide bonds. The van der Waals surface area contributed by atoms with E-state index in [1.54, 1.807) is 29.4 Å². The Morgan fingerprint density at radius 1 is 1.37 bits per heavy atom. The van der Waals surface area contributed by atoms with Crippen LogP contribution < -0.4 is 5.73 Å². The van der Waals surface area contributed by atoms with Gasteiger partial charge in [-0.15, -0.1) is 0 Å². The van der Waals surface area contributed by atoms with Gasteiger partial charge in [0.25, 0.3) is 5.91 Å². The Labute approximate surface area is 120 Å². The van der Waals surface area contributed by atoms with Crippen LogP contribution in [0.2, 0.25) is 0 Å². The Hall–Kier alpha value is -1.75. The first-order valence-electron chi connectivity index (χ1n) is 5.99. The van der Waals surface area contributed by atoms with E-state index in [1.807, 2.05) is 19.1 Å². The maximum Gasteiger partial charge on any atom is 0.255 e. The minimum atomic E-state index is -0.0712. The zero-order valence-electron chi connectivity index (χ0n) is 10.6. The molecule has 0 bridgehead atoms. The smallest absolute Gasteiger partial charge is 0.255 e. The summed E-state index contributed by atoms with van der Waals surface area (Å²) >= 11 is 3.36. The maximum atomic E-state index is 12.5. The van der Waals surface area contributed by atoms with E-state index in [0.29, 0.717) is 28.8 Å². The van der Waals surface area contributed by atoms with Crippen molar-refractivity contribution in [3.05, 3.63) is 52.4 Å². The van der Waals surface area contributed by atoms with Gasteiger partial charge in [0.15, 0.2) is 0 Å². The molecule has 5 heteroatoms. The lowest BCUT2D eigenvalue weighted by Gasteiger charge is -2.20. The topological polar surface area (TPSA) is 59.5 Å². The van der Waals surface area contributed by atoms with Crippen LogP contribution >= 0.6 is 15.9 Å². The first-order chi connectivity index (χ1) is 9.13. The highest BCUT2D eigenvalue weighted by Crippen LogP contribution is 2.25. The van der Waals surface area contributed by atoms with Crippen molar-refractivity contribution in [1.29, 1.82) is 0 Å². The van der Waals surface area contributed by atoms with Crippen molar-refractivity contribution in [1.82, 2.24) is 4.90 Å². The molecule has 2 N–H and O–H groups in total. The van der Waals surface area contributed by atoms with E-state index >= 15 is 0 Å². The van der Waals surface area contributed by atoms with E-state index in [0.717, 1.165) is 5.76 Å². The zero-order chi connectivity index (χ0) is 13.8. The number of furan rings is 1. The van der Waals surface area contributed by atoms with Gasteiger partial charge in [-0.3, -0.25) is 4.79 Å². The summed E-state index contributed by atoms with van der Waals surface area (Å²) < 4.78 is 5.91. The number of halogens is 1. The van der Waals surface area contributed by atoms with E-state index in [2.05, 4.69) is 15.9 Å². The number of carbonyl (C=O) groups is 1. The summed E-state index contributed by atoms with van der Waals surface area (Å²) in [5.74, 6) is 0.688. The predicted octanol–water partition coefficient (Wildman–Crippen LogP) is 3.29. The van der Waals surface area contributed by atoms with Gasteiger partial charge in [-0.1, -0.05) is 6.07 Å². The predicted molar refractivity (Wildman–Crippen MR) is 77.7 cm³/mol. The SMILES string of the molecule is CCN(Cc1ccco1)C(=O)c1cccc(N)c1Br.